The molecule has 112 valence electrons. The molecule has 0 aliphatic heterocycles. The Morgan fingerprint density at radius 2 is 2.25 bits per heavy atom. The van der Waals surface area contributed by atoms with Crippen molar-refractivity contribution in [3.05, 3.63) is 18.7 Å². The van der Waals surface area contributed by atoms with Gasteiger partial charge in [-0.2, -0.15) is 0 Å². The van der Waals surface area contributed by atoms with Crippen LogP contribution in [-0.2, 0) is 6.54 Å². The molecule has 4 nitrogen and oxygen atoms in total. The van der Waals surface area contributed by atoms with E-state index < -0.39 is 0 Å². The molecule has 1 aliphatic rings. The Morgan fingerprint density at radius 1 is 1.40 bits per heavy atom. The van der Waals surface area contributed by atoms with Crippen LogP contribution in [0.25, 0.3) is 0 Å². The van der Waals surface area contributed by atoms with Crippen molar-refractivity contribution < 1.29 is 0 Å². The van der Waals surface area contributed by atoms with Gasteiger partial charge in [-0.15, -0.1) is 0 Å². The molecule has 2 rings (SSSR count). The van der Waals surface area contributed by atoms with Crippen molar-refractivity contribution >= 4 is 17.3 Å². The number of imidazole rings is 1. The lowest BCUT2D eigenvalue weighted by molar-refractivity contribution is 0.224. The van der Waals surface area contributed by atoms with Gasteiger partial charge in [-0.05, 0) is 36.9 Å². The number of nitrogens with zero attached hydrogens (tertiary/aromatic N) is 2. The summed E-state index contributed by atoms with van der Waals surface area (Å²) in [6, 6.07) is 0.535. The third-order valence-corrected chi connectivity index (χ3v) is 4.72. The van der Waals surface area contributed by atoms with Gasteiger partial charge in [-0.3, -0.25) is 0 Å². The van der Waals surface area contributed by atoms with Gasteiger partial charge in [-0.25, -0.2) is 4.98 Å². The maximum Gasteiger partial charge on any atom is 0.166 e. The maximum atomic E-state index is 5.40. The van der Waals surface area contributed by atoms with Crippen molar-refractivity contribution in [2.24, 2.45) is 11.8 Å². The highest BCUT2D eigenvalue weighted by Crippen LogP contribution is 2.29. The Hall–Kier alpha value is -1.10. The molecule has 0 saturated heterocycles. The highest BCUT2D eigenvalue weighted by atomic mass is 32.1. The molecule has 3 atom stereocenters. The first-order valence-corrected chi connectivity index (χ1v) is 8.07. The summed E-state index contributed by atoms with van der Waals surface area (Å²) < 4.78 is 2.09. The molecule has 1 heterocycles. The van der Waals surface area contributed by atoms with E-state index in [1.54, 1.807) is 0 Å². The number of hydrogen-bond donors (Lipinski definition) is 2. The van der Waals surface area contributed by atoms with Crippen LogP contribution in [-0.4, -0.2) is 27.3 Å². The summed E-state index contributed by atoms with van der Waals surface area (Å²) in [7, 11) is 0. The van der Waals surface area contributed by atoms with E-state index in [9.17, 15) is 0 Å². The summed E-state index contributed by atoms with van der Waals surface area (Å²) >= 11 is 5.40. The van der Waals surface area contributed by atoms with Crippen molar-refractivity contribution in [1.82, 2.24) is 20.2 Å². The average Bonchev–Trinajstić information content (AvgIpc) is 2.93. The highest BCUT2D eigenvalue weighted by molar-refractivity contribution is 7.80. The van der Waals surface area contributed by atoms with Crippen LogP contribution >= 0.6 is 12.2 Å². The lowest BCUT2D eigenvalue weighted by Gasteiger charge is -2.35. The molecule has 0 bridgehead atoms. The van der Waals surface area contributed by atoms with Gasteiger partial charge in [0.15, 0.2) is 5.11 Å². The second-order valence-corrected chi connectivity index (χ2v) is 6.34. The van der Waals surface area contributed by atoms with Gasteiger partial charge in [0, 0.05) is 31.5 Å². The van der Waals surface area contributed by atoms with Crippen molar-refractivity contribution in [2.75, 3.05) is 6.54 Å². The average molecular weight is 294 g/mol. The molecule has 0 radical (unpaired) electrons. The Kier molecular flexibility index (Phi) is 5.83. The number of rotatable bonds is 5. The SMILES string of the molecule is C[C@@H]1[C@H](C)CCC[C@H]1NC(=S)NCCCn1ccnc1. The smallest absolute Gasteiger partial charge is 0.166 e. The molecule has 20 heavy (non-hydrogen) atoms. The Bertz CT molecular complexity index is 404. The highest BCUT2D eigenvalue weighted by Gasteiger charge is 2.27. The van der Waals surface area contributed by atoms with Crippen LogP contribution in [0.4, 0.5) is 0 Å². The summed E-state index contributed by atoms with van der Waals surface area (Å²) in [4.78, 5) is 4.03. The molecule has 0 spiro atoms. The molecule has 1 fully saturated rings. The fourth-order valence-corrected chi connectivity index (χ4v) is 3.14. The van der Waals surface area contributed by atoms with Gasteiger partial charge in [0.1, 0.15) is 0 Å². The number of aromatic nitrogens is 2. The summed E-state index contributed by atoms with van der Waals surface area (Å²) in [6.07, 6.45) is 10.6. The Balaban J connectivity index is 1.62. The van der Waals surface area contributed by atoms with Crippen LogP contribution in [0.15, 0.2) is 18.7 Å². The molecule has 1 saturated carbocycles. The van der Waals surface area contributed by atoms with Crippen molar-refractivity contribution in [3.8, 4) is 0 Å². The summed E-state index contributed by atoms with van der Waals surface area (Å²) in [5, 5.41) is 7.62. The van der Waals surface area contributed by atoms with Crippen molar-refractivity contribution in [3.63, 3.8) is 0 Å². The second kappa shape index (κ2) is 7.62. The minimum absolute atomic E-state index is 0.535. The molecular weight excluding hydrogens is 268 g/mol. The molecular formula is C15H26N4S. The predicted octanol–water partition coefficient (Wildman–Crippen LogP) is 2.56. The first kappa shape index (κ1) is 15.3. The summed E-state index contributed by atoms with van der Waals surface area (Å²) in [5.74, 6) is 1.50. The molecule has 0 unspecified atom stereocenters. The van der Waals surface area contributed by atoms with E-state index in [1.165, 1.54) is 19.3 Å². The molecule has 1 aromatic rings. The fraction of sp³-hybridized carbons (Fsp3) is 0.733. The van der Waals surface area contributed by atoms with Gasteiger partial charge in [0.05, 0.1) is 6.33 Å². The zero-order valence-electron chi connectivity index (χ0n) is 12.5. The zero-order valence-corrected chi connectivity index (χ0v) is 13.3. The largest absolute Gasteiger partial charge is 0.363 e. The van der Waals surface area contributed by atoms with Crippen LogP contribution < -0.4 is 10.6 Å². The van der Waals surface area contributed by atoms with E-state index in [0.717, 1.165) is 30.5 Å². The van der Waals surface area contributed by atoms with E-state index in [2.05, 4.69) is 34.0 Å². The Morgan fingerprint density at radius 3 is 3.00 bits per heavy atom. The summed E-state index contributed by atoms with van der Waals surface area (Å²) in [5.41, 5.74) is 0. The van der Waals surface area contributed by atoms with Crippen molar-refractivity contribution in [2.45, 2.75) is 52.1 Å². The summed E-state index contributed by atoms with van der Waals surface area (Å²) in [6.45, 7) is 6.57. The molecule has 0 amide bonds. The van der Waals surface area contributed by atoms with Gasteiger partial charge < -0.3 is 15.2 Å². The monoisotopic (exact) mass is 294 g/mol. The van der Waals surface area contributed by atoms with Gasteiger partial charge in [0.25, 0.3) is 0 Å². The predicted molar refractivity (Wildman–Crippen MR) is 86.5 cm³/mol. The fourth-order valence-electron chi connectivity index (χ4n) is 2.89. The van der Waals surface area contributed by atoms with Crippen LogP contribution in [0.2, 0.25) is 0 Å². The van der Waals surface area contributed by atoms with Crippen LogP contribution in [0, 0.1) is 11.8 Å². The van der Waals surface area contributed by atoms with E-state index >= 15 is 0 Å². The minimum Gasteiger partial charge on any atom is -0.363 e. The minimum atomic E-state index is 0.535. The number of aryl methyl sites for hydroxylation is 1. The van der Waals surface area contributed by atoms with E-state index in [0.29, 0.717) is 12.0 Å². The lowest BCUT2D eigenvalue weighted by Crippen LogP contribution is -2.47. The molecule has 5 heteroatoms. The van der Waals surface area contributed by atoms with E-state index in [4.69, 9.17) is 12.2 Å². The van der Waals surface area contributed by atoms with Crippen molar-refractivity contribution in [1.29, 1.82) is 0 Å². The molecule has 0 aromatic carbocycles. The van der Waals surface area contributed by atoms with Gasteiger partial charge in [0.2, 0.25) is 0 Å². The normalized spacial score (nSPS) is 26.2. The number of hydrogen-bond acceptors (Lipinski definition) is 2. The molecule has 1 aromatic heterocycles. The van der Waals surface area contributed by atoms with Crippen LogP contribution in [0.5, 0.6) is 0 Å². The van der Waals surface area contributed by atoms with Crippen LogP contribution in [0.1, 0.15) is 39.5 Å². The molecule has 2 N–H and O–H groups in total. The molecule has 1 aliphatic carbocycles. The lowest BCUT2D eigenvalue weighted by atomic mass is 9.78. The zero-order chi connectivity index (χ0) is 14.4. The standard InChI is InChI=1S/C15H26N4S/c1-12-5-3-6-14(13(12)2)18-15(20)17-7-4-9-19-10-8-16-11-19/h8,10-14H,3-7,9H2,1-2H3,(H2,17,18,20)/t12-,13-,14-/m1/s1. The first-order chi connectivity index (χ1) is 9.66. The second-order valence-electron chi connectivity index (χ2n) is 5.93. The maximum absolute atomic E-state index is 5.40. The number of thiocarbonyl (C=S) groups is 1. The number of nitrogens with one attached hydrogen (secondary N) is 2. The van der Waals surface area contributed by atoms with Gasteiger partial charge in [-0.1, -0.05) is 26.7 Å². The van der Waals surface area contributed by atoms with Crippen LogP contribution in [0.3, 0.4) is 0 Å². The first-order valence-electron chi connectivity index (χ1n) is 7.67. The third kappa shape index (κ3) is 4.47. The quantitative estimate of drug-likeness (QED) is 0.647. The topological polar surface area (TPSA) is 41.9 Å². The van der Waals surface area contributed by atoms with E-state index in [1.807, 2.05) is 18.7 Å². The Labute approximate surface area is 127 Å². The van der Waals surface area contributed by atoms with E-state index in [-0.39, 0.29) is 0 Å². The third-order valence-electron chi connectivity index (χ3n) is 4.46. The van der Waals surface area contributed by atoms with Gasteiger partial charge >= 0.3 is 0 Å².